The first-order valence-electron chi connectivity index (χ1n) is 24.4. The van der Waals surface area contributed by atoms with Crippen LogP contribution in [0.3, 0.4) is 0 Å². The molecule has 0 radical (unpaired) electrons. The lowest BCUT2D eigenvalue weighted by molar-refractivity contribution is -0.142. The van der Waals surface area contributed by atoms with Crippen LogP contribution in [0.4, 0.5) is 56.6 Å². The van der Waals surface area contributed by atoms with Gasteiger partial charge in [0, 0.05) is 77.6 Å². The van der Waals surface area contributed by atoms with Crippen molar-refractivity contribution in [2.45, 2.75) is 101 Å². The van der Waals surface area contributed by atoms with Crippen LogP contribution in [0.15, 0.2) is 94.0 Å². The molecule has 10 rings (SSSR count). The molecule has 2 aromatic heterocycles. The number of nitrogens with two attached hydrogens (primary N) is 1. The van der Waals surface area contributed by atoms with Crippen molar-refractivity contribution in [2.75, 3.05) is 41.3 Å². The highest BCUT2D eigenvalue weighted by Crippen LogP contribution is 2.42. The zero-order chi connectivity index (χ0) is 53.6. The summed E-state index contributed by atoms with van der Waals surface area (Å²) < 4.78 is 133. The molecule has 6 aromatic rings. The summed E-state index contributed by atoms with van der Waals surface area (Å²) in [5.74, 6) is -2.14. The fourth-order valence-corrected chi connectivity index (χ4v) is 9.56. The summed E-state index contributed by atoms with van der Waals surface area (Å²) in [6.45, 7) is 0.893. The number of aromatic nitrogens is 4. The predicted molar refractivity (Wildman–Crippen MR) is 258 cm³/mol. The Hall–Kier alpha value is -7.17. The van der Waals surface area contributed by atoms with Crippen molar-refractivity contribution < 1.29 is 68.4 Å². The summed E-state index contributed by atoms with van der Waals surface area (Å²) >= 11 is 0. The van der Waals surface area contributed by atoms with Gasteiger partial charge in [0.1, 0.15) is 18.2 Å². The highest BCUT2D eigenvalue weighted by Gasteiger charge is 2.38. The molecule has 0 bridgehead atoms. The van der Waals surface area contributed by atoms with Gasteiger partial charge in [-0.15, -0.1) is 0 Å². The number of rotatable bonds is 10. The van der Waals surface area contributed by atoms with Gasteiger partial charge in [-0.3, -0.25) is 9.59 Å². The molecule has 2 aliphatic heterocycles. The Balaban J connectivity index is 0.000000174. The van der Waals surface area contributed by atoms with E-state index in [4.69, 9.17) is 25.0 Å². The van der Waals surface area contributed by atoms with Crippen molar-refractivity contribution in [3.05, 3.63) is 102 Å². The quantitative estimate of drug-likeness (QED) is 0.0945. The second-order valence-corrected chi connectivity index (χ2v) is 19.0. The maximum Gasteiger partial charge on any atom is 0.418 e. The topological polar surface area (TPSA) is 197 Å². The van der Waals surface area contributed by atoms with E-state index in [9.17, 15) is 49.1 Å². The van der Waals surface area contributed by atoms with Crippen molar-refractivity contribution in [3.63, 3.8) is 0 Å². The third kappa shape index (κ3) is 13.8. The average molecular weight is 1060 g/mol. The van der Waals surface area contributed by atoms with E-state index in [0.29, 0.717) is 30.4 Å². The maximum absolute atomic E-state index is 13.9. The number of halogens is 9. The average Bonchev–Trinajstić information content (AvgIpc) is 4.24. The zero-order valence-corrected chi connectivity index (χ0v) is 40.1. The van der Waals surface area contributed by atoms with Crippen LogP contribution < -0.4 is 20.9 Å². The number of carboxylic acids is 2. The molecule has 0 unspecified atom stereocenters. The summed E-state index contributed by atoms with van der Waals surface area (Å²) in [6.07, 6.45) is -6.09. The molecule has 23 heteroatoms. The number of alkyl halides is 8. The minimum Gasteiger partial charge on any atom is -0.481 e. The summed E-state index contributed by atoms with van der Waals surface area (Å²) in [4.78, 5) is 33.0. The molecule has 14 nitrogen and oxygen atoms in total. The monoisotopic (exact) mass is 1060 g/mol. The van der Waals surface area contributed by atoms with Gasteiger partial charge in [-0.25, -0.2) is 13.2 Å². The highest BCUT2D eigenvalue weighted by atomic mass is 19.4. The van der Waals surface area contributed by atoms with E-state index in [-0.39, 0.29) is 122 Å². The van der Waals surface area contributed by atoms with Gasteiger partial charge in [-0.2, -0.15) is 36.3 Å². The SMILES string of the molecule is Fc1ccc(-c2nc(-c3ccc(N4CCC(F)CC4)c(C(F)(F)F)c3)no2)cc1.N[C@H]1CC[C@@H](C(=O)O)C1.O=C(O)[C@@H]1CC[C@H](Nc2ccc(-c3nc(-c4ccc(N5CCC(F)CC5)c(C(F)(F)F)c4)no3)cc2)C1. The Labute approximate surface area is 424 Å². The second-order valence-electron chi connectivity index (χ2n) is 19.0. The van der Waals surface area contributed by atoms with Crippen LogP contribution >= 0.6 is 0 Å². The molecular formula is C52H53F9N8O6. The largest absolute Gasteiger partial charge is 0.481 e. The van der Waals surface area contributed by atoms with Crippen molar-refractivity contribution in [2.24, 2.45) is 17.6 Å². The Kier molecular flexibility index (Phi) is 16.7. The van der Waals surface area contributed by atoms with E-state index in [1.807, 2.05) is 12.1 Å². The Morgan fingerprint density at radius 2 is 0.987 bits per heavy atom. The standard InChI is InChI=1S/C26H26F4N4O3.C20H16F5N3O.C6H11NO2/c27-18-9-11-34(12-10-18)22-8-4-16(14-21(22)26(28,29)30)23-32-24(37-33-23)15-1-5-19(6-2-15)31-20-7-3-17(13-20)25(35)36;21-14-4-1-12(2-5-14)19-26-18(27-29-19)13-3-6-17(16(11-13)20(23,24)25)28-9-7-15(22)8-10-28;7-5-2-1-4(3-5)6(8)9/h1-2,4-6,8,14,17-18,20,31H,3,7,9-13H2,(H,35,36);1-6,11,15H,7-10H2;4-5H,1-3,7H2,(H,8,9)/t17-,20+;;4-,5+/m1.1/s1. The minimum absolute atomic E-state index is 0.00963. The predicted octanol–water partition coefficient (Wildman–Crippen LogP) is 11.7. The van der Waals surface area contributed by atoms with E-state index in [2.05, 4.69) is 25.6 Å². The third-order valence-corrected chi connectivity index (χ3v) is 13.7. The van der Waals surface area contributed by atoms with Gasteiger partial charge in [0.05, 0.1) is 23.0 Å². The molecule has 2 aliphatic carbocycles. The smallest absolute Gasteiger partial charge is 0.418 e. The first-order chi connectivity index (χ1) is 35.7. The number of carbonyl (C=O) groups is 2. The molecule has 400 valence electrons. The van der Waals surface area contributed by atoms with Gasteiger partial charge in [0.25, 0.3) is 11.8 Å². The van der Waals surface area contributed by atoms with Crippen molar-refractivity contribution >= 4 is 29.0 Å². The van der Waals surface area contributed by atoms with E-state index >= 15 is 0 Å². The first-order valence-corrected chi connectivity index (χ1v) is 24.4. The van der Waals surface area contributed by atoms with Gasteiger partial charge in [0.15, 0.2) is 0 Å². The number of nitrogens with zero attached hydrogens (tertiary/aromatic N) is 6. The van der Waals surface area contributed by atoms with E-state index in [1.165, 1.54) is 48.5 Å². The Morgan fingerprint density at radius 1 is 0.573 bits per heavy atom. The van der Waals surface area contributed by atoms with Crippen LogP contribution in [0.25, 0.3) is 45.7 Å². The molecule has 75 heavy (non-hydrogen) atoms. The number of carboxylic acid groups (broad SMARTS) is 2. The lowest BCUT2D eigenvalue weighted by Crippen LogP contribution is -2.35. The third-order valence-electron chi connectivity index (χ3n) is 13.7. The molecule has 2 saturated heterocycles. The molecule has 5 N–H and O–H groups in total. The van der Waals surface area contributed by atoms with Gasteiger partial charge < -0.3 is 40.1 Å². The Morgan fingerprint density at radius 3 is 1.37 bits per heavy atom. The number of piperidine rings is 2. The molecule has 0 spiro atoms. The number of nitrogens with one attached hydrogen (secondary N) is 1. The van der Waals surface area contributed by atoms with Crippen LogP contribution in [0.5, 0.6) is 0 Å². The Bertz CT molecular complexity index is 2880. The van der Waals surface area contributed by atoms with Crippen molar-refractivity contribution in [1.82, 2.24) is 20.3 Å². The lowest BCUT2D eigenvalue weighted by Gasteiger charge is -2.32. The second kappa shape index (κ2) is 23.2. The van der Waals surface area contributed by atoms with Crippen molar-refractivity contribution in [1.29, 1.82) is 0 Å². The number of anilines is 3. The molecule has 4 fully saturated rings. The van der Waals surface area contributed by atoms with Crippen LogP contribution in [0, 0.1) is 17.7 Å². The summed E-state index contributed by atoms with van der Waals surface area (Å²) in [7, 11) is 0. The van der Waals surface area contributed by atoms with Crippen molar-refractivity contribution in [3.8, 4) is 45.7 Å². The minimum atomic E-state index is -4.60. The fraction of sp³-hybridized carbons (Fsp3) is 0.423. The number of hydrogen-bond donors (Lipinski definition) is 4. The molecular weight excluding hydrogens is 1000 g/mol. The maximum atomic E-state index is 13.9. The normalized spacial score (nSPS) is 20.5. The van der Waals surface area contributed by atoms with Crippen LogP contribution in [0.2, 0.25) is 0 Å². The zero-order valence-electron chi connectivity index (χ0n) is 40.1. The van der Waals surface area contributed by atoms with Gasteiger partial charge in [-0.1, -0.05) is 10.3 Å². The van der Waals surface area contributed by atoms with Gasteiger partial charge in [-0.05, 0) is 149 Å². The van der Waals surface area contributed by atoms with E-state index in [1.54, 1.807) is 21.9 Å². The molecule has 4 aliphatic rings. The lowest BCUT2D eigenvalue weighted by atomic mass is 10.0. The van der Waals surface area contributed by atoms with E-state index < -0.39 is 53.6 Å². The summed E-state index contributed by atoms with van der Waals surface area (Å²) in [5.41, 5.74) is 6.05. The number of benzene rings is 4. The highest BCUT2D eigenvalue weighted by molar-refractivity contribution is 5.72. The number of aliphatic carboxylic acids is 2. The van der Waals surface area contributed by atoms with Gasteiger partial charge >= 0.3 is 24.3 Å². The summed E-state index contributed by atoms with van der Waals surface area (Å²) in [6, 6.07) is 20.3. The van der Waals surface area contributed by atoms with Gasteiger partial charge in [0.2, 0.25) is 11.6 Å². The van der Waals surface area contributed by atoms with Crippen LogP contribution in [-0.2, 0) is 21.9 Å². The molecule has 0 amide bonds. The van der Waals surface area contributed by atoms with Crippen LogP contribution in [-0.4, -0.2) is 93.0 Å². The van der Waals surface area contributed by atoms with E-state index in [0.717, 1.165) is 37.1 Å². The first kappa shape index (κ1) is 54.1. The fourth-order valence-electron chi connectivity index (χ4n) is 9.56. The molecule has 4 atom stereocenters. The molecule has 4 aromatic carbocycles. The number of hydrogen-bond acceptors (Lipinski definition) is 12. The molecule has 2 saturated carbocycles. The summed E-state index contributed by atoms with van der Waals surface area (Å²) in [5, 5.41) is 28.6. The molecule has 4 heterocycles. The van der Waals surface area contributed by atoms with Crippen LogP contribution in [0.1, 0.15) is 75.3 Å².